The maximum absolute atomic E-state index is 12.4. The molecule has 0 aliphatic rings. The Hall–Kier alpha value is -2.82. The quantitative estimate of drug-likeness (QED) is 0.721. The monoisotopic (exact) mass is 369 g/mol. The Labute approximate surface area is 160 Å². The van der Waals surface area contributed by atoms with Crippen molar-refractivity contribution in [2.24, 2.45) is 0 Å². The first-order valence-corrected chi connectivity index (χ1v) is 9.16. The number of carbonyl (C=O) groups is 2. The van der Waals surface area contributed by atoms with E-state index in [0.29, 0.717) is 11.3 Å². The van der Waals surface area contributed by atoms with Crippen molar-refractivity contribution in [2.45, 2.75) is 53.2 Å². The lowest BCUT2D eigenvalue weighted by molar-refractivity contribution is -0.155. The van der Waals surface area contributed by atoms with E-state index in [2.05, 4.69) is 5.32 Å². The number of aryl methyl sites for hydroxylation is 2. The third kappa shape index (κ3) is 5.84. The van der Waals surface area contributed by atoms with Crippen LogP contribution in [0.2, 0.25) is 0 Å². The van der Waals surface area contributed by atoms with E-state index in [1.807, 2.05) is 45.9 Å². The fourth-order valence-corrected chi connectivity index (χ4v) is 2.46. The molecule has 0 saturated heterocycles. The van der Waals surface area contributed by atoms with Gasteiger partial charge in [-0.3, -0.25) is 4.79 Å². The van der Waals surface area contributed by atoms with Crippen LogP contribution in [0.4, 0.5) is 5.69 Å². The van der Waals surface area contributed by atoms with Gasteiger partial charge in [0.25, 0.3) is 5.91 Å². The third-order valence-corrected chi connectivity index (χ3v) is 4.28. The van der Waals surface area contributed by atoms with Gasteiger partial charge in [0.2, 0.25) is 0 Å². The zero-order valence-electron chi connectivity index (χ0n) is 16.5. The first-order valence-electron chi connectivity index (χ1n) is 9.16. The Morgan fingerprint density at radius 1 is 1.04 bits per heavy atom. The summed E-state index contributed by atoms with van der Waals surface area (Å²) in [6, 6.07) is 12.5. The molecule has 0 saturated carbocycles. The maximum atomic E-state index is 12.4. The summed E-state index contributed by atoms with van der Waals surface area (Å²) in [6.07, 6.45) is -0.100. The average Bonchev–Trinajstić information content (AvgIpc) is 2.64. The van der Waals surface area contributed by atoms with Crippen LogP contribution in [0.5, 0.6) is 5.75 Å². The summed E-state index contributed by atoms with van der Waals surface area (Å²) in [6.45, 7) is 9.40. The molecule has 144 valence electrons. The van der Waals surface area contributed by atoms with Gasteiger partial charge in [-0.1, -0.05) is 24.6 Å². The van der Waals surface area contributed by atoms with Crippen LogP contribution >= 0.6 is 0 Å². The smallest absolute Gasteiger partial charge is 0.347 e. The van der Waals surface area contributed by atoms with E-state index in [1.54, 1.807) is 31.2 Å². The van der Waals surface area contributed by atoms with Gasteiger partial charge in [0.05, 0.1) is 6.10 Å². The van der Waals surface area contributed by atoms with E-state index in [-0.39, 0.29) is 12.0 Å². The molecule has 2 aromatic rings. The van der Waals surface area contributed by atoms with Crippen LogP contribution in [0.3, 0.4) is 0 Å². The van der Waals surface area contributed by atoms with Crippen LogP contribution in [0.1, 0.15) is 48.7 Å². The topological polar surface area (TPSA) is 64.6 Å². The first-order chi connectivity index (χ1) is 12.8. The average molecular weight is 369 g/mol. The zero-order valence-corrected chi connectivity index (χ0v) is 16.5. The van der Waals surface area contributed by atoms with Crippen LogP contribution in [-0.2, 0) is 9.53 Å². The van der Waals surface area contributed by atoms with Crippen molar-refractivity contribution in [3.63, 3.8) is 0 Å². The third-order valence-electron chi connectivity index (χ3n) is 4.28. The van der Waals surface area contributed by atoms with Gasteiger partial charge in [-0.05, 0) is 70.0 Å². The van der Waals surface area contributed by atoms with Crippen molar-refractivity contribution in [3.05, 3.63) is 59.2 Å². The number of carbonyl (C=O) groups excluding carboxylic acids is 2. The molecule has 0 radical (unpaired) electrons. The summed E-state index contributed by atoms with van der Waals surface area (Å²) in [5.74, 6) is -0.0922. The Morgan fingerprint density at radius 3 is 2.30 bits per heavy atom. The summed E-state index contributed by atoms with van der Waals surface area (Å²) in [7, 11) is 0. The molecule has 0 spiro atoms. The van der Waals surface area contributed by atoms with Crippen molar-refractivity contribution in [1.82, 2.24) is 0 Å². The molecule has 5 nitrogen and oxygen atoms in total. The number of hydrogen-bond donors (Lipinski definition) is 1. The van der Waals surface area contributed by atoms with Crippen LogP contribution in [0.15, 0.2) is 42.5 Å². The number of amides is 1. The molecule has 0 aliphatic heterocycles. The molecule has 1 amide bonds. The molecule has 5 heteroatoms. The molecule has 2 aromatic carbocycles. The molecular weight excluding hydrogens is 342 g/mol. The minimum absolute atomic E-state index is 0.139. The van der Waals surface area contributed by atoms with E-state index < -0.39 is 12.1 Å². The first kappa shape index (κ1) is 20.5. The zero-order chi connectivity index (χ0) is 20.0. The summed E-state index contributed by atoms with van der Waals surface area (Å²) in [4.78, 5) is 24.4. The van der Waals surface area contributed by atoms with Gasteiger partial charge in [-0.25, -0.2) is 4.79 Å². The van der Waals surface area contributed by atoms with Gasteiger partial charge in [0, 0.05) is 11.3 Å². The molecular formula is C22H27NO4. The highest BCUT2D eigenvalue weighted by Crippen LogP contribution is 2.19. The second-order valence-electron chi connectivity index (χ2n) is 6.71. The number of hydrogen-bond acceptors (Lipinski definition) is 4. The Bertz CT molecular complexity index is 798. The van der Waals surface area contributed by atoms with Crippen molar-refractivity contribution in [3.8, 4) is 5.75 Å². The minimum atomic E-state index is -0.714. The lowest BCUT2D eigenvalue weighted by atomic mass is 10.1. The molecule has 0 aliphatic carbocycles. The highest BCUT2D eigenvalue weighted by atomic mass is 16.6. The highest BCUT2D eigenvalue weighted by Gasteiger charge is 2.18. The number of benzene rings is 2. The standard InChI is InChI=1S/C22H27NO4/c1-6-16(4)26-22(25)17(5)27-19-10-8-18(9-11-19)21(24)23-20-12-7-14(2)13-15(20)3/h7-13,16-17H,6H2,1-5H3,(H,23,24)/t16-,17+/m0/s1. The number of rotatable bonds is 7. The molecule has 0 heterocycles. The van der Waals surface area contributed by atoms with Gasteiger partial charge in [0.15, 0.2) is 6.10 Å². The second kappa shape index (κ2) is 9.21. The predicted octanol–water partition coefficient (Wildman–Crippen LogP) is 4.66. The van der Waals surface area contributed by atoms with Crippen molar-refractivity contribution >= 4 is 17.6 Å². The Morgan fingerprint density at radius 2 is 1.70 bits per heavy atom. The molecule has 0 unspecified atom stereocenters. The number of ether oxygens (including phenoxy) is 2. The van der Waals surface area contributed by atoms with Crippen molar-refractivity contribution < 1.29 is 19.1 Å². The van der Waals surface area contributed by atoms with E-state index in [1.165, 1.54) is 0 Å². The molecule has 2 rings (SSSR count). The SMILES string of the molecule is CC[C@H](C)OC(=O)[C@@H](C)Oc1ccc(C(=O)Nc2ccc(C)cc2C)cc1. The van der Waals surface area contributed by atoms with E-state index in [4.69, 9.17) is 9.47 Å². The minimum Gasteiger partial charge on any atom is -0.479 e. The van der Waals surface area contributed by atoms with Gasteiger partial charge >= 0.3 is 5.97 Å². The van der Waals surface area contributed by atoms with Crippen LogP contribution in [0, 0.1) is 13.8 Å². The summed E-state index contributed by atoms with van der Waals surface area (Å²) in [5, 5.41) is 2.91. The number of anilines is 1. The molecule has 0 aromatic heterocycles. The molecule has 1 N–H and O–H groups in total. The lowest BCUT2D eigenvalue weighted by Crippen LogP contribution is -2.29. The van der Waals surface area contributed by atoms with Gasteiger partial charge in [0.1, 0.15) is 5.75 Å². The second-order valence-corrected chi connectivity index (χ2v) is 6.71. The fraction of sp³-hybridized carbons (Fsp3) is 0.364. The fourth-order valence-electron chi connectivity index (χ4n) is 2.46. The Kier molecular flexibility index (Phi) is 6.99. The molecule has 0 fully saturated rings. The molecule has 0 bridgehead atoms. The van der Waals surface area contributed by atoms with Crippen molar-refractivity contribution in [1.29, 1.82) is 0 Å². The van der Waals surface area contributed by atoms with E-state index >= 15 is 0 Å². The van der Waals surface area contributed by atoms with Gasteiger partial charge in [-0.2, -0.15) is 0 Å². The van der Waals surface area contributed by atoms with E-state index in [0.717, 1.165) is 23.2 Å². The normalized spacial score (nSPS) is 12.8. The van der Waals surface area contributed by atoms with Gasteiger partial charge < -0.3 is 14.8 Å². The lowest BCUT2D eigenvalue weighted by Gasteiger charge is -2.17. The highest BCUT2D eigenvalue weighted by molar-refractivity contribution is 6.04. The number of nitrogens with one attached hydrogen (secondary N) is 1. The Balaban J connectivity index is 1.97. The summed E-state index contributed by atoms with van der Waals surface area (Å²) in [5.41, 5.74) is 3.45. The maximum Gasteiger partial charge on any atom is 0.347 e. The summed E-state index contributed by atoms with van der Waals surface area (Å²) < 4.78 is 10.9. The van der Waals surface area contributed by atoms with Gasteiger partial charge in [-0.15, -0.1) is 0 Å². The van der Waals surface area contributed by atoms with Crippen LogP contribution in [0.25, 0.3) is 0 Å². The largest absolute Gasteiger partial charge is 0.479 e. The van der Waals surface area contributed by atoms with Crippen molar-refractivity contribution in [2.75, 3.05) is 5.32 Å². The van der Waals surface area contributed by atoms with Crippen LogP contribution < -0.4 is 10.1 Å². The summed E-state index contributed by atoms with van der Waals surface area (Å²) >= 11 is 0. The van der Waals surface area contributed by atoms with E-state index in [9.17, 15) is 9.59 Å². The molecule has 27 heavy (non-hydrogen) atoms. The van der Waals surface area contributed by atoms with Crippen LogP contribution in [-0.4, -0.2) is 24.1 Å². The number of esters is 1. The predicted molar refractivity (Wildman–Crippen MR) is 106 cm³/mol. The molecule has 2 atom stereocenters.